The molecule has 0 saturated heterocycles. The van der Waals surface area contributed by atoms with Crippen molar-refractivity contribution in [3.8, 4) is 0 Å². The lowest BCUT2D eigenvalue weighted by atomic mass is 10.2. The van der Waals surface area contributed by atoms with E-state index in [0.717, 1.165) is 25.0 Å². The van der Waals surface area contributed by atoms with E-state index in [1.54, 1.807) is 11.9 Å². The Hall–Kier alpha value is -1.50. The van der Waals surface area contributed by atoms with Crippen LogP contribution in [0.5, 0.6) is 0 Å². The number of nitrogens with one attached hydrogen (secondary N) is 1. The van der Waals surface area contributed by atoms with Gasteiger partial charge in [0, 0.05) is 12.7 Å². The van der Waals surface area contributed by atoms with Crippen LogP contribution in [-0.2, 0) is 14.4 Å². The van der Waals surface area contributed by atoms with E-state index in [2.05, 4.69) is 11.4 Å². The Kier molecular flexibility index (Phi) is 7.14. The van der Waals surface area contributed by atoms with Crippen molar-refractivity contribution in [2.24, 2.45) is 0 Å². The molecule has 0 fully saturated rings. The number of carbonyl (C=O) groups is 3. The highest BCUT2D eigenvalue weighted by Crippen LogP contribution is 2.21. The SMILES string of the molecule is CN(C(=O)CSCCC(NC=O)C(=O)O)C1=CCCC1. The van der Waals surface area contributed by atoms with Crippen LogP contribution in [0.25, 0.3) is 0 Å². The number of carboxylic acids is 1. The normalized spacial score (nSPS) is 15.3. The van der Waals surface area contributed by atoms with Gasteiger partial charge in [0.2, 0.25) is 12.3 Å². The number of amides is 2. The maximum atomic E-state index is 11.9. The summed E-state index contributed by atoms with van der Waals surface area (Å²) in [4.78, 5) is 34.6. The van der Waals surface area contributed by atoms with Crippen molar-refractivity contribution < 1.29 is 19.5 Å². The molecule has 0 saturated carbocycles. The third-order valence-corrected chi connectivity index (χ3v) is 4.14. The fraction of sp³-hybridized carbons (Fsp3) is 0.615. The first-order valence-corrected chi connectivity index (χ1v) is 7.67. The summed E-state index contributed by atoms with van der Waals surface area (Å²) in [5.74, 6) is -0.201. The second-order valence-corrected chi connectivity index (χ2v) is 5.66. The molecule has 1 unspecified atom stereocenters. The van der Waals surface area contributed by atoms with Gasteiger partial charge >= 0.3 is 5.97 Å². The standard InChI is InChI=1S/C13H20N2O4S/c1-15(10-4-2-3-5-10)12(17)8-20-7-6-11(13(18)19)14-9-16/h4,9,11H,2-3,5-8H2,1H3,(H,14,16)(H,18,19). The van der Waals surface area contributed by atoms with Crippen LogP contribution < -0.4 is 5.32 Å². The molecule has 1 rings (SSSR count). The Bertz CT molecular complexity index is 398. The van der Waals surface area contributed by atoms with Gasteiger partial charge < -0.3 is 15.3 Å². The summed E-state index contributed by atoms with van der Waals surface area (Å²) in [7, 11) is 1.77. The molecule has 2 amide bonds. The third kappa shape index (κ3) is 5.24. The largest absolute Gasteiger partial charge is 0.480 e. The van der Waals surface area contributed by atoms with Crippen LogP contribution in [0.1, 0.15) is 25.7 Å². The van der Waals surface area contributed by atoms with Crippen molar-refractivity contribution >= 4 is 30.0 Å². The smallest absolute Gasteiger partial charge is 0.326 e. The highest BCUT2D eigenvalue weighted by atomic mass is 32.2. The number of allylic oxidation sites excluding steroid dienone is 2. The molecule has 6 nitrogen and oxygen atoms in total. The zero-order chi connectivity index (χ0) is 15.0. The number of thioether (sulfide) groups is 1. The zero-order valence-electron chi connectivity index (χ0n) is 11.5. The molecule has 112 valence electrons. The minimum absolute atomic E-state index is 0.0263. The molecule has 2 N–H and O–H groups in total. The van der Waals surface area contributed by atoms with Gasteiger partial charge in [0.15, 0.2) is 0 Å². The number of rotatable bonds is 9. The fourth-order valence-electron chi connectivity index (χ4n) is 1.94. The molecule has 0 aromatic heterocycles. The molecule has 1 atom stereocenters. The quantitative estimate of drug-likeness (QED) is 0.486. The summed E-state index contributed by atoms with van der Waals surface area (Å²) in [6, 6.07) is -0.884. The van der Waals surface area contributed by atoms with Gasteiger partial charge in [-0.1, -0.05) is 6.08 Å². The molecule has 7 heteroatoms. The van der Waals surface area contributed by atoms with E-state index in [0.29, 0.717) is 24.3 Å². The van der Waals surface area contributed by atoms with Crippen LogP contribution in [0.15, 0.2) is 11.8 Å². The summed E-state index contributed by atoms with van der Waals surface area (Å²) in [6.45, 7) is 0. The number of hydrogen-bond acceptors (Lipinski definition) is 4. The summed E-state index contributed by atoms with van der Waals surface area (Å²) in [5.41, 5.74) is 1.07. The fourth-order valence-corrected chi connectivity index (χ4v) is 2.85. The first-order valence-electron chi connectivity index (χ1n) is 6.52. The molecular weight excluding hydrogens is 280 g/mol. The van der Waals surface area contributed by atoms with Crippen molar-refractivity contribution in [1.82, 2.24) is 10.2 Å². The maximum absolute atomic E-state index is 11.9. The van der Waals surface area contributed by atoms with E-state index in [4.69, 9.17) is 5.11 Å². The predicted molar refractivity (Wildman–Crippen MR) is 77.3 cm³/mol. The lowest BCUT2D eigenvalue weighted by Gasteiger charge is -2.18. The van der Waals surface area contributed by atoms with Crippen molar-refractivity contribution in [3.63, 3.8) is 0 Å². The zero-order valence-corrected chi connectivity index (χ0v) is 12.3. The van der Waals surface area contributed by atoms with Gasteiger partial charge in [-0.3, -0.25) is 9.59 Å². The highest BCUT2D eigenvalue weighted by molar-refractivity contribution is 7.99. The number of nitrogens with zero attached hydrogens (tertiary/aromatic N) is 1. The molecule has 0 heterocycles. The van der Waals surface area contributed by atoms with Gasteiger partial charge in [0.25, 0.3) is 0 Å². The average Bonchev–Trinajstić information content (AvgIpc) is 2.94. The number of hydrogen-bond donors (Lipinski definition) is 2. The Morgan fingerprint density at radius 3 is 2.90 bits per heavy atom. The number of carboxylic acid groups (broad SMARTS) is 1. The Morgan fingerprint density at radius 2 is 2.35 bits per heavy atom. The van der Waals surface area contributed by atoms with Crippen molar-refractivity contribution in [1.29, 1.82) is 0 Å². The van der Waals surface area contributed by atoms with E-state index < -0.39 is 12.0 Å². The number of carbonyl (C=O) groups excluding carboxylic acids is 2. The van der Waals surface area contributed by atoms with Gasteiger partial charge in [-0.15, -0.1) is 0 Å². The summed E-state index contributed by atoms with van der Waals surface area (Å²) < 4.78 is 0. The number of aliphatic carboxylic acids is 1. The Morgan fingerprint density at radius 1 is 1.60 bits per heavy atom. The van der Waals surface area contributed by atoms with Crippen molar-refractivity contribution in [2.75, 3.05) is 18.6 Å². The van der Waals surface area contributed by atoms with E-state index >= 15 is 0 Å². The summed E-state index contributed by atoms with van der Waals surface area (Å²) in [5, 5.41) is 11.1. The first-order chi connectivity index (χ1) is 9.56. The molecule has 0 aliphatic heterocycles. The van der Waals surface area contributed by atoms with Gasteiger partial charge in [0.05, 0.1) is 5.75 Å². The molecule has 0 aromatic carbocycles. The minimum Gasteiger partial charge on any atom is -0.480 e. The molecule has 1 aliphatic rings. The second kappa shape index (κ2) is 8.63. The van der Waals surface area contributed by atoms with Crippen molar-refractivity contribution in [2.45, 2.75) is 31.7 Å². The van der Waals surface area contributed by atoms with Gasteiger partial charge in [0.1, 0.15) is 6.04 Å². The van der Waals surface area contributed by atoms with Crippen LogP contribution in [0.3, 0.4) is 0 Å². The van der Waals surface area contributed by atoms with E-state index in [1.807, 2.05) is 0 Å². The van der Waals surface area contributed by atoms with Gasteiger partial charge in [-0.25, -0.2) is 4.79 Å². The molecule has 0 radical (unpaired) electrons. The van der Waals surface area contributed by atoms with E-state index in [-0.39, 0.29) is 5.91 Å². The van der Waals surface area contributed by atoms with E-state index in [1.165, 1.54) is 11.8 Å². The molecule has 1 aliphatic carbocycles. The summed E-state index contributed by atoms with van der Waals surface area (Å²) in [6.07, 6.45) is 5.83. The topological polar surface area (TPSA) is 86.7 Å². The lowest BCUT2D eigenvalue weighted by molar-refractivity contribution is -0.140. The molecule has 0 bridgehead atoms. The Labute approximate surface area is 122 Å². The van der Waals surface area contributed by atoms with Crippen LogP contribution in [0, 0.1) is 0 Å². The predicted octanol–water partition coefficient (Wildman–Crippen LogP) is 0.835. The summed E-state index contributed by atoms with van der Waals surface area (Å²) >= 11 is 1.38. The van der Waals surface area contributed by atoms with Crippen LogP contribution in [0.4, 0.5) is 0 Å². The maximum Gasteiger partial charge on any atom is 0.326 e. The van der Waals surface area contributed by atoms with Crippen molar-refractivity contribution in [3.05, 3.63) is 11.8 Å². The van der Waals surface area contributed by atoms with Crippen LogP contribution >= 0.6 is 11.8 Å². The molecule has 20 heavy (non-hydrogen) atoms. The lowest BCUT2D eigenvalue weighted by Crippen LogP contribution is -2.36. The monoisotopic (exact) mass is 300 g/mol. The minimum atomic E-state index is -1.06. The molecular formula is C13H20N2O4S. The van der Waals surface area contributed by atoms with E-state index in [9.17, 15) is 14.4 Å². The highest BCUT2D eigenvalue weighted by Gasteiger charge is 2.18. The Balaban J connectivity index is 2.24. The average molecular weight is 300 g/mol. The van der Waals surface area contributed by atoms with Crippen LogP contribution in [-0.4, -0.2) is 52.9 Å². The second-order valence-electron chi connectivity index (χ2n) is 4.56. The third-order valence-electron chi connectivity index (χ3n) is 3.17. The van der Waals surface area contributed by atoms with Gasteiger partial charge in [-0.2, -0.15) is 11.8 Å². The van der Waals surface area contributed by atoms with Gasteiger partial charge in [-0.05, 0) is 31.4 Å². The first kappa shape index (κ1) is 16.6. The van der Waals surface area contributed by atoms with Crippen LogP contribution in [0.2, 0.25) is 0 Å². The molecule has 0 aromatic rings. The molecule has 0 spiro atoms.